The summed E-state index contributed by atoms with van der Waals surface area (Å²) in [5.74, 6) is -8.90. The van der Waals surface area contributed by atoms with E-state index in [0.29, 0.717) is 23.1 Å². The Balaban J connectivity index is 1.46. The molecule has 14 N–H and O–H groups in total. The number of aliphatic hydroxyl groups is 1. The summed E-state index contributed by atoms with van der Waals surface area (Å²) < 4.78 is 0. The lowest BCUT2D eigenvalue weighted by Gasteiger charge is -2.31. The van der Waals surface area contributed by atoms with E-state index in [2.05, 4.69) is 67.5 Å². The molecule has 0 fully saturated rings. The minimum Gasteiger partial charge on any atom is -0.480 e. The Labute approximate surface area is 468 Å². The van der Waals surface area contributed by atoms with Gasteiger partial charge in [0.25, 0.3) is 11.8 Å². The van der Waals surface area contributed by atoms with Gasteiger partial charge in [-0.3, -0.25) is 38.4 Å². The van der Waals surface area contributed by atoms with E-state index >= 15 is 0 Å². The number of carbonyl (C=O) groups excluding carboxylic acids is 8. The average molecular weight is 1120 g/mol. The molecule has 0 aliphatic rings. The molecule has 0 spiro atoms. The van der Waals surface area contributed by atoms with E-state index in [1.807, 2.05) is 18.2 Å². The molecule has 0 saturated carbocycles. The van der Waals surface area contributed by atoms with E-state index in [-0.39, 0.29) is 55.7 Å². The fourth-order valence-electron chi connectivity index (χ4n) is 8.35. The first-order valence-electron chi connectivity index (χ1n) is 25.5. The number of unbranched alkanes of at least 4 members (excludes halogenated alkanes) is 1. The van der Waals surface area contributed by atoms with E-state index in [4.69, 9.17) is 11.5 Å². The van der Waals surface area contributed by atoms with Crippen LogP contribution in [0.1, 0.15) is 53.2 Å². The Morgan fingerprint density at radius 3 is 1.57 bits per heavy atom. The summed E-state index contributed by atoms with van der Waals surface area (Å²) in [4.78, 5) is 129. The van der Waals surface area contributed by atoms with Crippen molar-refractivity contribution < 1.29 is 53.4 Å². The Hall–Kier alpha value is -7.77. The van der Waals surface area contributed by atoms with Gasteiger partial charge in [0, 0.05) is 60.5 Å². The molecule has 24 heteroatoms. The van der Waals surface area contributed by atoms with Crippen LogP contribution in [0.5, 0.6) is 0 Å². The predicted octanol–water partition coefficient (Wildman–Crippen LogP) is 0.100. The van der Waals surface area contributed by atoms with Crippen molar-refractivity contribution in [1.29, 1.82) is 0 Å². The number of carbonyl (C=O) groups is 9. The van der Waals surface area contributed by atoms with Gasteiger partial charge < -0.3 is 68.8 Å². The van der Waals surface area contributed by atoms with Crippen LogP contribution in [0.3, 0.4) is 0 Å². The van der Waals surface area contributed by atoms with Crippen molar-refractivity contribution in [3.63, 3.8) is 0 Å². The Kier molecular flexibility index (Phi) is 24.3. The van der Waals surface area contributed by atoms with Crippen LogP contribution in [-0.2, 0) is 57.6 Å². The van der Waals surface area contributed by atoms with Gasteiger partial charge in [0.1, 0.15) is 36.3 Å². The lowest BCUT2D eigenvalue weighted by molar-refractivity contribution is -0.142. The largest absolute Gasteiger partial charge is 0.480 e. The van der Waals surface area contributed by atoms with Crippen LogP contribution in [0.15, 0.2) is 121 Å². The highest BCUT2D eigenvalue weighted by Gasteiger charge is 2.38. The number of thiol groups is 2. The van der Waals surface area contributed by atoms with Crippen molar-refractivity contribution in [2.75, 3.05) is 25.1 Å². The predicted molar refractivity (Wildman–Crippen MR) is 302 cm³/mol. The highest BCUT2D eigenvalue weighted by molar-refractivity contribution is 7.80. The second-order valence-electron chi connectivity index (χ2n) is 18.8. The number of rotatable bonds is 30. The molecule has 0 aliphatic carbocycles. The second-order valence-corrected chi connectivity index (χ2v) is 19.5. The first-order valence-corrected chi connectivity index (χ1v) is 26.8. The van der Waals surface area contributed by atoms with E-state index < -0.39 is 108 Å². The van der Waals surface area contributed by atoms with Crippen molar-refractivity contribution >= 4 is 89.4 Å². The number of carboxylic acids is 1. The van der Waals surface area contributed by atoms with Gasteiger partial charge in [-0.2, -0.15) is 25.3 Å². The lowest BCUT2D eigenvalue weighted by Crippen LogP contribution is -2.64. The third-order valence-corrected chi connectivity index (χ3v) is 13.6. The summed E-state index contributed by atoms with van der Waals surface area (Å²) >= 11 is 8.13. The number of fused-ring (bicyclic) bond motifs is 1. The zero-order chi connectivity index (χ0) is 57.6. The molecule has 1 aromatic heterocycles. The second kappa shape index (κ2) is 31.0. The quantitative estimate of drug-likeness (QED) is 0.0165. The number of aliphatic hydroxyl groups excluding tert-OH is 1. The monoisotopic (exact) mass is 1120 g/mol. The molecule has 0 unspecified atom stereocenters. The molecule has 4 aromatic carbocycles. The number of nitrogens with zero attached hydrogens (tertiary/aromatic N) is 1. The number of likely N-dealkylation sites (N-methyl/N-ethyl adjacent to an activating group) is 1. The van der Waals surface area contributed by atoms with Crippen LogP contribution in [0.25, 0.3) is 10.9 Å². The van der Waals surface area contributed by atoms with Gasteiger partial charge in [0.15, 0.2) is 6.17 Å². The summed E-state index contributed by atoms with van der Waals surface area (Å²) in [5, 5.41) is 39.5. The zero-order valence-corrected chi connectivity index (χ0v) is 45.5. The number of carboxylic acid groups (broad SMARTS) is 1. The van der Waals surface area contributed by atoms with Gasteiger partial charge in [0.05, 0.1) is 12.1 Å². The highest BCUT2D eigenvalue weighted by atomic mass is 32.1. The highest BCUT2D eigenvalue weighted by Crippen LogP contribution is 2.20. The van der Waals surface area contributed by atoms with Crippen molar-refractivity contribution in [2.24, 2.45) is 11.5 Å². The molecule has 0 bridgehead atoms. The third-order valence-electron chi connectivity index (χ3n) is 12.8. The summed E-state index contributed by atoms with van der Waals surface area (Å²) in [7, 11) is 1.18. The third kappa shape index (κ3) is 18.4. The van der Waals surface area contributed by atoms with Crippen molar-refractivity contribution in [2.45, 2.75) is 100 Å². The molecule has 5 rings (SSSR count). The minimum atomic E-state index is -1.89. The summed E-state index contributed by atoms with van der Waals surface area (Å²) in [6.45, 7) is 1.38. The standard InChI is InChI=1S/C55H69N11O11S2/c1-32(67)45(52(73)65-46(53(74)63-44(31-79)55(76)77)66(2)54(75)35-20-10-5-11-21-35)64-48(69)40(24-14-15-25-56)59-51(72)43(28-36-29-58-39-23-13-12-22-37(36)39)62-50(71)42(27-34-18-8-4-9-19-34)61-49(70)41(60-47(68)38(57)30-78)26-33-16-6-3-7-17-33/h3-13,16-23,29,32,38,40-46,58,67,78-79H,14-15,24-28,30-31,56-57H2,1-2H3,(H,59,72)(H,60,68)(H,61,70)(H,62,71)(H,63,74)(H,64,69)(H,65,73)(H,76,77)/t32-,38+,40+,41+,42+,43-,44+,45+,46-/m1/s1. The molecule has 1 heterocycles. The number of H-pyrrole nitrogens is 1. The number of aromatic nitrogens is 1. The molecular weight excluding hydrogens is 1050 g/mol. The number of nitrogens with one attached hydrogen (secondary N) is 8. The maximum atomic E-state index is 14.9. The van der Waals surface area contributed by atoms with Gasteiger partial charge in [-0.15, -0.1) is 0 Å². The number of aliphatic carboxylic acids is 1. The number of aromatic amines is 1. The molecule has 79 heavy (non-hydrogen) atoms. The van der Waals surface area contributed by atoms with Crippen molar-refractivity contribution in [1.82, 2.24) is 47.1 Å². The fraction of sp³-hybridized carbons (Fsp3) is 0.364. The summed E-state index contributed by atoms with van der Waals surface area (Å²) in [6.07, 6.45) is -1.47. The summed E-state index contributed by atoms with van der Waals surface area (Å²) in [5.41, 5.74) is 14.6. The lowest BCUT2D eigenvalue weighted by atomic mass is 10.00. The van der Waals surface area contributed by atoms with Crippen molar-refractivity contribution in [3.05, 3.63) is 144 Å². The zero-order valence-electron chi connectivity index (χ0n) is 43.7. The molecule has 422 valence electrons. The van der Waals surface area contributed by atoms with Gasteiger partial charge in [-0.25, -0.2) is 4.79 Å². The van der Waals surface area contributed by atoms with Crippen molar-refractivity contribution in [3.8, 4) is 0 Å². The number of para-hydroxylation sites is 1. The maximum Gasteiger partial charge on any atom is 0.327 e. The van der Waals surface area contributed by atoms with E-state index in [9.17, 15) is 53.4 Å². The van der Waals surface area contributed by atoms with Crippen LogP contribution in [0.2, 0.25) is 0 Å². The fourth-order valence-corrected chi connectivity index (χ4v) is 8.76. The first-order chi connectivity index (χ1) is 37.8. The number of hydrogen-bond donors (Lipinski definition) is 14. The molecule has 0 aliphatic heterocycles. The Morgan fingerprint density at radius 1 is 0.570 bits per heavy atom. The SMILES string of the molecule is C[C@@H](O)[C@H](NC(=O)[C@H](CCCCN)NC(=O)[C@@H](Cc1c[nH]c2ccccc12)NC(=O)[C@H](Cc1ccccc1)NC(=O)[C@H](Cc1ccccc1)NC(=O)[C@@H](N)CS)C(=O)N[C@@H](C(=O)N[C@@H](CS)C(=O)O)N(C)C(=O)c1ccccc1. The smallest absolute Gasteiger partial charge is 0.327 e. The topological polar surface area (TPSA) is 349 Å². The average Bonchev–Trinajstić information content (AvgIpc) is 3.87. The number of amides is 8. The van der Waals surface area contributed by atoms with E-state index in [0.717, 1.165) is 15.8 Å². The molecule has 8 amide bonds. The molecular formula is C55H69N11O11S2. The molecule has 9 atom stereocenters. The van der Waals surface area contributed by atoms with Gasteiger partial charge in [-0.05, 0) is 67.6 Å². The summed E-state index contributed by atoms with van der Waals surface area (Å²) in [6, 6.07) is 22.7. The number of benzene rings is 4. The first kappa shape index (κ1) is 62.1. The number of hydrogen-bond acceptors (Lipinski definition) is 14. The molecule has 0 saturated heterocycles. The molecule has 5 aromatic rings. The Morgan fingerprint density at radius 2 is 1.05 bits per heavy atom. The molecule has 0 radical (unpaired) electrons. The van der Waals surface area contributed by atoms with Gasteiger partial charge >= 0.3 is 5.97 Å². The van der Waals surface area contributed by atoms with Gasteiger partial charge in [0.2, 0.25) is 35.4 Å². The van der Waals surface area contributed by atoms with Crippen LogP contribution < -0.4 is 48.7 Å². The van der Waals surface area contributed by atoms with E-state index in [1.165, 1.54) is 26.1 Å². The normalized spacial score (nSPS) is 14.5. The van der Waals surface area contributed by atoms with Gasteiger partial charge in [-0.1, -0.05) is 97.1 Å². The Bertz CT molecular complexity index is 2860. The van der Waals surface area contributed by atoms with Crippen LogP contribution in [0.4, 0.5) is 0 Å². The van der Waals surface area contributed by atoms with Crippen LogP contribution >= 0.6 is 25.3 Å². The van der Waals surface area contributed by atoms with E-state index in [1.54, 1.807) is 91.1 Å². The maximum absolute atomic E-state index is 14.9. The number of nitrogens with two attached hydrogens (primary N) is 2. The minimum absolute atomic E-state index is 0.0113. The van der Waals surface area contributed by atoms with Crippen LogP contribution in [-0.4, -0.2) is 153 Å². The molecule has 22 nitrogen and oxygen atoms in total. The van der Waals surface area contributed by atoms with Crippen LogP contribution in [0, 0.1) is 0 Å².